The van der Waals surface area contributed by atoms with Crippen molar-refractivity contribution < 1.29 is 4.74 Å². The van der Waals surface area contributed by atoms with E-state index < -0.39 is 0 Å². The summed E-state index contributed by atoms with van der Waals surface area (Å²) in [6.07, 6.45) is 0. The molecule has 0 N–H and O–H groups in total. The maximum absolute atomic E-state index is 13.3. The van der Waals surface area contributed by atoms with Crippen molar-refractivity contribution in [1.29, 1.82) is 0 Å². The smallest absolute Gasteiger partial charge is 0.261 e. The van der Waals surface area contributed by atoms with Crippen molar-refractivity contribution >= 4 is 22.5 Å². The molecule has 0 saturated carbocycles. The summed E-state index contributed by atoms with van der Waals surface area (Å²) in [5.74, 6) is 1.45. The fourth-order valence-electron chi connectivity index (χ4n) is 3.80. The molecule has 0 fully saturated rings. The van der Waals surface area contributed by atoms with Crippen LogP contribution >= 0.6 is 11.6 Å². The monoisotopic (exact) mass is 446 g/mol. The van der Waals surface area contributed by atoms with E-state index in [1.54, 1.807) is 16.7 Å². The lowest BCUT2D eigenvalue weighted by Gasteiger charge is -2.23. The summed E-state index contributed by atoms with van der Waals surface area (Å²) < 4.78 is 7.88. The molecule has 0 bridgehead atoms. The Kier molecular flexibility index (Phi) is 6.07. The Bertz CT molecular complexity index is 1320. The topological polar surface area (TPSA) is 44.1 Å². The molecule has 0 unspecified atom stereocenters. The highest BCUT2D eigenvalue weighted by Gasteiger charge is 2.19. The minimum Gasteiger partial charge on any atom is -0.491 e. The van der Waals surface area contributed by atoms with E-state index in [-0.39, 0.29) is 11.0 Å². The van der Waals surface area contributed by atoms with Gasteiger partial charge in [0.1, 0.15) is 18.2 Å². The van der Waals surface area contributed by atoms with E-state index in [0.717, 1.165) is 16.9 Å². The van der Waals surface area contributed by atoms with Crippen molar-refractivity contribution in [1.82, 2.24) is 9.55 Å². The Labute approximate surface area is 193 Å². The molecule has 3 aromatic carbocycles. The van der Waals surface area contributed by atoms with Gasteiger partial charge in [-0.05, 0) is 60.4 Å². The minimum absolute atomic E-state index is 0.0445. The number of rotatable bonds is 5. The van der Waals surface area contributed by atoms with Crippen LogP contribution in [0.15, 0.2) is 71.5 Å². The third-order valence-electron chi connectivity index (χ3n) is 5.48. The number of para-hydroxylation sites is 1. The highest BCUT2D eigenvalue weighted by molar-refractivity contribution is 6.30. The lowest BCUT2D eigenvalue weighted by molar-refractivity contribution is 0.289. The molecule has 4 aromatic rings. The molecule has 0 aliphatic heterocycles. The van der Waals surface area contributed by atoms with Gasteiger partial charge in [-0.1, -0.05) is 62.2 Å². The minimum atomic E-state index is -0.0795. The first-order valence-corrected chi connectivity index (χ1v) is 11.1. The maximum Gasteiger partial charge on any atom is 0.261 e. The average molecular weight is 447 g/mol. The number of aromatic nitrogens is 2. The van der Waals surface area contributed by atoms with E-state index >= 15 is 0 Å². The number of hydrogen-bond donors (Lipinski definition) is 0. The summed E-state index contributed by atoms with van der Waals surface area (Å²) in [6.45, 7) is 9.33. The second-order valence-corrected chi connectivity index (χ2v) is 9.45. The number of benzene rings is 3. The van der Waals surface area contributed by atoms with Crippen molar-refractivity contribution in [2.24, 2.45) is 0 Å². The zero-order valence-electron chi connectivity index (χ0n) is 18.9. The molecule has 0 saturated heterocycles. The molecule has 5 heteroatoms. The summed E-state index contributed by atoms with van der Waals surface area (Å²) >= 11 is 6.07. The van der Waals surface area contributed by atoms with Gasteiger partial charge in [0, 0.05) is 10.6 Å². The fourth-order valence-corrected chi connectivity index (χ4v) is 3.92. The molecule has 164 valence electrons. The molecule has 1 heterocycles. The van der Waals surface area contributed by atoms with Crippen LogP contribution in [-0.4, -0.2) is 16.2 Å². The standard InChI is InChI=1S/C27H27ClN2O2/c1-18-9-14-24(22(17-18)27(2,3)4)32-16-15-30-25(19-10-12-20(28)13-11-19)29-23-8-6-5-7-21(23)26(30)31/h5-14,17H,15-16H2,1-4H3. The predicted molar refractivity (Wildman–Crippen MR) is 132 cm³/mol. The quantitative estimate of drug-likeness (QED) is 0.356. The summed E-state index contributed by atoms with van der Waals surface area (Å²) in [5, 5.41) is 1.23. The first-order valence-electron chi connectivity index (χ1n) is 10.7. The molecular formula is C27H27ClN2O2. The number of nitrogens with zero attached hydrogens (tertiary/aromatic N) is 2. The second kappa shape index (κ2) is 8.79. The number of fused-ring (bicyclic) bond motifs is 1. The summed E-state index contributed by atoms with van der Waals surface area (Å²) in [6, 6.07) is 21.0. The largest absolute Gasteiger partial charge is 0.491 e. The Morgan fingerprint density at radius 2 is 1.72 bits per heavy atom. The van der Waals surface area contributed by atoms with Gasteiger partial charge in [0.2, 0.25) is 0 Å². The van der Waals surface area contributed by atoms with Gasteiger partial charge in [0.25, 0.3) is 5.56 Å². The molecule has 0 spiro atoms. The van der Waals surface area contributed by atoms with Crippen LogP contribution in [0.3, 0.4) is 0 Å². The van der Waals surface area contributed by atoms with Gasteiger partial charge in [-0.3, -0.25) is 9.36 Å². The van der Waals surface area contributed by atoms with Gasteiger partial charge in [0.15, 0.2) is 0 Å². The van der Waals surface area contributed by atoms with Crippen molar-refractivity contribution in [3.05, 3.63) is 93.2 Å². The molecule has 0 aliphatic carbocycles. The highest BCUT2D eigenvalue weighted by atomic mass is 35.5. The molecule has 32 heavy (non-hydrogen) atoms. The van der Waals surface area contributed by atoms with Crippen LogP contribution < -0.4 is 10.3 Å². The van der Waals surface area contributed by atoms with Crippen LogP contribution in [-0.2, 0) is 12.0 Å². The summed E-state index contributed by atoms with van der Waals surface area (Å²) in [7, 11) is 0. The van der Waals surface area contributed by atoms with Crippen LogP contribution in [0.1, 0.15) is 31.9 Å². The van der Waals surface area contributed by atoms with Crippen molar-refractivity contribution in [2.75, 3.05) is 6.61 Å². The zero-order chi connectivity index (χ0) is 22.9. The maximum atomic E-state index is 13.3. The molecule has 1 aromatic heterocycles. The molecule has 4 nitrogen and oxygen atoms in total. The van der Waals surface area contributed by atoms with Crippen LogP contribution in [0.2, 0.25) is 5.02 Å². The van der Waals surface area contributed by atoms with E-state index in [0.29, 0.717) is 34.9 Å². The molecular weight excluding hydrogens is 420 g/mol. The van der Waals surface area contributed by atoms with Crippen LogP contribution in [0.5, 0.6) is 5.75 Å². The van der Waals surface area contributed by atoms with E-state index in [4.69, 9.17) is 21.3 Å². The lowest BCUT2D eigenvalue weighted by atomic mass is 9.85. The molecule has 0 amide bonds. The van der Waals surface area contributed by atoms with E-state index in [2.05, 4.69) is 33.8 Å². The Morgan fingerprint density at radius 3 is 2.44 bits per heavy atom. The lowest BCUT2D eigenvalue weighted by Crippen LogP contribution is -2.26. The van der Waals surface area contributed by atoms with Gasteiger partial charge < -0.3 is 4.74 Å². The van der Waals surface area contributed by atoms with Crippen molar-refractivity contribution in [3.63, 3.8) is 0 Å². The number of hydrogen-bond acceptors (Lipinski definition) is 3. The molecule has 0 atom stereocenters. The molecule has 0 aliphatic rings. The number of halogens is 1. The third-order valence-corrected chi connectivity index (χ3v) is 5.73. The summed E-state index contributed by atoms with van der Waals surface area (Å²) in [4.78, 5) is 18.1. The normalized spacial score (nSPS) is 11.7. The first kappa shape index (κ1) is 22.1. The fraction of sp³-hybridized carbons (Fsp3) is 0.259. The van der Waals surface area contributed by atoms with E-state index in [9.17, 15) is 4.79 Å². The van der Waals surface area contributed by atoms with Gasteiger partial charge in [-0.25, -0.2) is 4.98 Å². The van der Waals surface area contributed by atoms with Gasteiger partial charge in [-0.15, -0.1) is 0 Å². The SMILES string of the molecule is Cc1ccc(OCCn2c(-c3ccc(Cl)cc3)nc3ccccc3c2=O)c(C(C)(C)C)c1. The second-order valence-electron chi connectivity index (χ2n) is 9.01. The van der Waals surface area contributed by atoms with Crippen LogP contribution in [0.25, 0.3) is 22.3 Å². The molecule has 0 radical (unpaired) electrons. The first-order chi connectivity index (χ1) is 15.2. The van der Waals surface area contributed by atoms with E-state index in [1.807, 2.05) is 48.5 Å². The van der Waals surface area contributed by atoms with E-state index in [1.165, 1.54) is 5.56 Å². The van der Waals surface area contributed by atoms with Gasteiger partial charge in [0.05, 0.1) is 17.4 Å². The predicted octanol–water partition coefficient (Wildman–Crippen LogP) is 6.40. The Balaban J connectivity index is 1.70. The van der Waals surface area contributed by atoms with Crippen LogP contribution in [0.4, 0.5) is 0 Å². The number of aryl methyl sites for hydroxylation is 1. The molecule has 4 rings (SSSR count). The van der Waals surface area contributed by atoms with Gasteiger partial charge in [-0.2, -0.15) is 0 Å². The number of ether oxygens (including phenoxy) is 1. The van der Waals surface area contributed by atoms with Crippen LogP contribution in [0, 0.1) is 6.92 Å². The van der Waals surface area contributed by atoms with Crippen molar-refractivity contribution in [2.45, 2.75) is 39.7 Å². The average Bonchev–Trinajstić information content (AvgIpc) is 2.76. The zero-order valence-corrected chi connectivity index (χ0v) is 19.6. The Morgan fingerprint density at radius 1 is 1.00 bits per heavy atom. The Hall–Kier alpha value is -3.11. The third kappa shape index (κ3) is 4.56. The highest BCUT2D eigenvalue weighted by Crippen LogP contribution is 2.32. The summed E-state index contributed by atoms with van der Waals surface area (Å²) in [5.41, 5.74) is 3.74. The van der Waals surface area contributed by atoms with Gasteiger partial charge >= 0.3 is 0 Å². The van der Waals surface area contributed by atoms with Crippen molar-refractivity contribution in [3.8, 4) is 17.1 Å².